The Morgan fingerprint density at radius 2 is 1.53 bits per heavy atom. The molecule has 0 unspecified atom stereocenters. The Balaban J connectivity index is 2.03. The highest BCUT2D eigenvalue weighted by molar-refractivity contribution is 7.92. The molecule has 3 rings (SSSR count). The molecule has 0 aliphatic carbocycles. The first-order valence-electron chi connectivity index (χ1n) is 12.4. The Hall–Kier alpha value is -3.36. The molecule has 0 bridgehead atoms. The number of nitrogens with zero attached hydrogens (tertiary/aromatic N) is 2. The third-order valence-corrected chi connectivity index (χ3v) is 8.08. The van der Waals surface area contributed by atoms with Gasteiger partial charge in [0, 0.05) is 17.6 Å². The average Bonchev–Trinajstić information content (AvgIpc) is 2.86. The number of carbonyl (C=O) groups excluding carboxylic acids is 2. The largest absolute Gasteiger partial charge is 0.352 e. The summed E-state index contributed by atoms with van der Waals surface area (Å²) in [6.07, 6.45) is 0. The van der Waals surface area contributed by atoms with Crippen molar-refractivity contribution in [2.75, 3.05) is 10.8 Å². The predicted molar refractivity (Wildman–Crippen MR) is 152 cm³/mol. The fraction of sp³-hybridized carbons (Fsp3) is 0.310. The molecule has 0 fully saturated rings. The highest BCUT2D eigenvalue weighted by atomic mass is 35.5. The van der Waals surface area contributed by atoms with E-state index in [4.69, 9.17) is 11.6 Å². The fourth-order valence-electron chi connectivity index (χ4n) is 3.92. The van der Waals surface area contributed by atoms with E-state index in [0.717, 1.165) is 21.0 Å². The zero-order chi connectivity index (χ0) is 28.0. The summed E-state index contributed by atoms with van der Waals surface area (Å²) in [5.74, 6) is -0.839. The monoisotopic (exact) mass is 555 g/mol. The van der Waals surface area contributed by atoms with Gasteiger partial charge in [0.25, 0.3) is 10.0 Å². The minimum absolute atomic E-state index is 0.0762. The van der Waals surface area contributed by atoms with Crippen LogP contribution in [0.3, 0.4) is 0 Å². The van der Waals surface area contributed by atoms with Gasteiger partial charge >= 0.3 is 0 Å². The topological polar surface area (TPSA) is 86.8 Å². The Morgan fingerprint density at radius 1 is 0.895 bits per heavy atom. The lowest BCUT2D eigenvalue weighted by Gasteiger charge is -2.32. The third-order valence-electron chi connectivity index (χ3n) is 6.04. The van der Waals surface area contributed by atoms with E-state index in [9.17, 15) is 18.0 Å². The van der Waals surface area contributed by atoms with Gasteiger partial charge in [-0.2, -0.15) is 0 Å². The molecular formula is C29H34ClN3O4S. The van der Waals surface area contributed by atoms with Gasteiger partial charge in [0.05, 0.1) is 10.6 Å². The SMILES string of the molecule is Cc1ccc(S(=O)(=O)N(CC(=O)N(Cc2ccc(Cl)cc2)[C@@H](C)C(=O)NC(C)C)c2cccc(C)c2)cc1. The van der Waals surface area contributed by atoms with Gasteiger partial charge < -0.3 is 10.2 Å². The number of sulfonamides is 1. The van der Waals surface area contributed by atoms with Crippen LogP contribution in [0.15, 0.2) is 77.7 Å². The third kappa shape index (κ3) is 7.36. The number of amides is 2. The van der Waals surface area contributed by atoms with Crippen LogP contribution >= 0.6 is 11.6 Å². The standard InChI is InChI=1S/C29H34ClN3O4S/c1-20(2)31-29(35)23(5)32(18-24-11-13-25(30)14-12-24)28(34)19-33(26-8-6-7-22(4)17-26)38(36,37)27-15-9-21(3)10-16-27/h6-17,20,23H,18-19H2,1-5H3,(H,31,35)/t23-/m0/s1. The van der Waals surface area contributed by atoms with Crippen LogP contribution in [0.5, 0.6) is 0 Å². The van der Waals surface area contributed by atoms with Crippen molar-refractivity contribution in [3.05, 3.63) is 94.5 Å². The van der Waals surface area contributed by atoms with Gasteiger partial charge in [0.2, 0.25) is 11.8 Å². The van der Waals surface area contributed by atoms with E-state index in [1.54, 1.807) is 61.5 Å². The maximum absolute atomic E-state index is 13.9. The van der Waals surface area contributed by atoms with E-state index < -0.39 is 28.5 Å². The maximum Gasteiger partial charge on any atom is 0.264 e. The summed E-state index contributed by atoms with van der Waals surface area (Å²) in [4.78, 5) is 28.3. The molecule has 0 saturated carbocycles. The molecule has 202 valence electrons. The van der Waals surface area contributed by atoms with Gasteiger partial charge in [-0.1, -0.05) is 53.6 Å². The molecule has 9 heteroatoms. The first-order valence-corrected chi connectivity index (χ1v) is 14.2. The Kier molecular flexibility index (Phi) is 9.57. The van der Waals surface area contributed by atoms with Crippen LogP contribution in [-0.2, 0) is 26.2 Å². The van der Waals surface area contributed by atoms with Gasteiger partial charge in [0.1, 0.15) is 12.6 Å². The minimum Gasteiger partial charge on any atom is -0.352 e. The van der Waals surface area contributed by atoms with Crippen molar-refractivity contribution in [3.8, 4) is 0 Å². The molecule has 0 saturated heterocycles. The van der Waals surface area contributed by atoms with E-state index in [1.807, 2.05) is 33.8 Å². The summed E-state index contributed by atoms with van der Waals surface area (Å²) < 4.78 is 28.7. The fourth-order valence-corrected chi connectivity index (χ4v) is 5.46. The first kappa shape index (κ1) is 29.2. The Labute approximate surface area is 230 Å². The second-order valence-electron chi connectivity index (χ2n) is 9.65. The lowest BCUT2D eigenvalue weighted by Crippen LogP contribution is -2.52. The average molecular weight is 556 g/mol. The van der Waals surface area contributed by atoms with Crippen molar-refractivity contribution in [3.63, 3.8) is 0 Å². The molecule has 0 aliphatic rings. The van der Waals surface area contributed by atoms with Crippen molar-refractivity contribution in [2.24, 2.45) is 0 Å². The molecule has 0 aliphatic heterocycles. The number of carbonyl (C=O) groups is 2. The predicted octanol–water partition coefficient (Wildman–Crippen LogP) is 5.09. The molecule has 0 aromatic heterocycles. The molecule has 7 nitrogen and oxygen atoms in total. The van der Waals surface area contributed by atoms with E-state index in [2.05, 4.69) is 5.32 Å². The number of benzene rings is 3. The van der Waals surface area contributed by atoms with Crippen LogP contribution in [0.2, 0.25) is 5.02 Å². The quantitative estimate of drug-likeness (QED) is 0.377. The first-order chi connectivity index (χ1) is 17.9. The molecule has 1 atom stereocenters. The van der Waals surface area contributed by atoms with Crippen LogP contribution in [0.1, 0.15) is 37.5 Å². The lowest BCUT2D eigenvalue weighted by molar-refractivity contribution is -0.139. The van der Waals surface area contributed by atoms with Crippen molar-refractivity contribution in [2.45, 2.75) is 58.1 Å². The normalized spacial score (nSPS) is 12.2. The maximum atomic E-state index is 13.9. The molecule has 0 heterocycles. The number of hydrogen-bond acceptors (Lipinski definition) is 4. The Morgan fingerprint density at radius 3 is 2.11 bits per heavy atom. The van der Waals surface area contributed by atoms with E-state index >= 15 is 0 Å². The second-order valence-corrected chi connectivity index (χ2v) is 11.9. The zero-order valence-electron chi connectivity index (χ0n) is 22.3. The summed E-state index contributed by atoms with van der Waals surface area (Å²) in [6.45, 7) is 8.66. The van der Waals surface area contributed by atoms with Gasteiger partial charge in [-0.25, -0.2) is 8.42 Å². The van der Waals surface area contributed by atoms with Gasteiger partial charge in [-0.3, -0.25) is 13.9 Å². The molecule has 0 radical (unpaired) electrons. The molecule has 0 spiro atoms. The van der Waals surface area contributed by atoms with Crippen LogP contribution in [0.4, 0.5) is 5.69 Å². The lowest BCUT2D eigenvalue weighted by atomic mass is 10.1. The van der Waals surface area contributed by atoms with Crippen LogP contribution in [0, 0.1) is 13.8 Å². The summed E-state index contributed by atoms with van der Waals surface area (Å²) in [5, 5.41) is 3.39. The molecular weight excluding hydrogens is 522 g/mol. The van der Waals surface area contributed by atoms with Crippen molar-refractivity contribution in [1.29, 1.82) is 0 Å². The van der Waals surface area contributed by atoms with Gasteiger partial charge in [0.15, 0.2) is 0 Å². The summed E-state index contributed by atoms with van der Waals surface area (Å²) in [6, 6.07) is 19.5. The summed E-state index contributed by atoms with van der Waals surface area (Å²) in [5.41, 5.74) is 2.89. The zero-order valence-corrected chi connectivity index (χ0v) is 23.9. The van der Waals surface area contributed by atoms with Gasteiger partial charge in [-0.05, 0) is 82.1 Å². The van der Waals surface area contributed by atoms with Crippen LogP contribution in [0.25, 0.3) is 0 Å². The van der Waals surface area contributed by atoms with Crippen molar-refractivity contribution >= 4 is 39.1 Å². The van der Waals surface area contributed by atoms with Gasteiger partial charge in [-0.15, -0.1) is 0 Å². The smallest absolute Gasteiger partial charge is 0.264 e. The van der Waals surface area contributed by atoms with Crippen LogP contribution < -0.4 is 9.62 Å². The minimum atomic E-state index is -4.09. The van der Waals surface area contributed by atoms with Crippen molar-refractivity contribution in [1.82, 2.24) is 10.2 Å². The van der Waals surface area contributed by atoms with Crippen molar-refractivity contribution < 1.29 is 18.0 Å². The molecule has 2 amide bonds. The second kappa shape index (κ2) is 12.5. The van der Waals surface area contributed by atoms with E-state index in [0.29, 0.717) is 10.7 Å². The number of aryl methyl sites for hydroxylation is 2. The molecule has 3 aromatic carbocycles. The molecule has 1 N–H and O–H groups in total. The number of anilines is 1. The van der Waals surface area contributed by atoms with Crippen LogP contribution in [-0.4, -0.2) is 43.8 Å². The molecule has 38 heavy (non-hydrogen) atoms. The highest BCUT2D eigenvalue weighted by Crippen LogP contribution is 2.26. The number of halogens is 1. The molecule has 3 aromatic rings. The summed E-state index contributed by atoms with van der Waals surface area (Å²) >= 11 is 6.03. The Bertz CT molecular complexity index is 1370. The summed E-state index contributed by atoms with van der Waals surface area (Å²) in [7, 11) is -4.09. The number of nitrogens with one attached hydrogen (secondary N) is 1. The highest BCUT2D eigenvalue weighted by Gasteiger charge is 2.32. The number of rotatable bonds is 10. The number of hydrogen-bond donors (Lipinski definition) is 1. The van der Waals surface area contributed by atoms with E-state index in [-0.39, 0.29) is 23.4 Å². The van der Waals surface area contributed by atoms with E-state index in [1.165, 1.54) is 17.0 Å².